The lowest BCUT2D eigenvalue weighted by atomic mass is 9.82. The van der Waals surface area contributed by atoms with Gasteiger partial charge >= 0.3 is 12.1 Å². The van der Waals surface area contributed by atoms with Gasteiger partial charge in [-0.1, -0.05) is 25.7 Å². The lowest BCUT2D eigenvalue weighted by molar-refractivity contribution is -0.150. The predicted molar refractivity (Wildman–Crippen MR) is 99.0 cm³/mol. The summed E-state index contributed by atoms with van der Waals surface area (Å²) in [5.74, 6) is -0.611. The van der Waals surface area contributed by atoms with Crippen LogP contribution in [0.15, 0.2) is 11.1 Å². The minimum Gasteiger partial charge on any atom is -0.450 e. The average Bonchev–Trinajstić information content (AvgIpc) is 2.81. The molecule has 150 valence electrons. The van der Waals surface area contributed by atoms with Crippen molar-refractivity contribution in [3.63, 3.8) is 0 Å². The zero-order valence-electron chi connectivity index (χ0n) is 16.3. The number of esters is 1. The van der Waals surface area contributed by atoms with Gasteiger partial charge in [-0.05, 0) is 26.7 Å². The van der Waals surface area contributed by atoms with Gasteiger partial charge in [0.15, 0.2) is 0 Å². The molecule has 1 saturated heterocycles. The second-order valence-electron chi connectivity index (χ2n) is 7.73. The maximum Gasteiger partial charge on any atom is 0.409 e. The largest absolute Gasteiger partial charge is 0.450 e. The van der Waals surface area contributed by atoms with Gasteiger partial charge in [-0.3, -0.25) is 4.79 Å². The van der Waals surface area contributed by atoms with E-state index in [1.54, 1.807) is 18.7 Å². The van der Waals surface area contributed by atoms with E-state index in [-0.39, 0.29) is 18.0 Å². The molecule has 27 heavy (non-hydrogen) atoms. The third kappa shape index (κ3) is 4.12. The van der Waals surface area contributed by atoms with Crippen molar-refractivity contribution < 1.29 is 23.9 Å². The Bertz CT molecular complexity index is 626. The lowest BCUT2D eigenvalue weighted by Gasteiger charge is -2.39. The first kappa shape index (κ1) is 19.7. The number of hydrogen-bond acceptors (Lipinski definition) is 5. The van der Waals surface area contributed by atoms with Crippen LogP contribution in [0.1, 0.15) is 65.2 Å². The van der Waals surface area contributed by atoms with Gasteiger partial charge in [-0.2, -0.15) is 0 Å². The van der Waals surface area contributed by atoms with Crippen LogP contribution in [-0.4, -0.2) is 54.2 Å². The molecule has 1 aliphatic carbocycles. The Morgan fingerprint density at radius 3 is 2.41 bits per heavy atom. The summed E-state index contributed by atoms with van der Waals surface area (Å²) in [4.78, 5) is 38.9. The number of hydrogen-bond donors (Lipinski definition) is 1. The second kappa shape index (κ2) is 8.31. The quantitative estimate of drug-likeness (QED) is 0.603. The molecule has 3 rings (SSSR count). The molecule has 7 nitrogen and oxygen atoms in total. The Morgan fingerprint density at radius 1 is 1.19 bits per heavy atom. The van der Waals surface area contributed by atoms with Crippen LogP contribution in [-0.2, 0) is 19.1 Å². The molecule has 7 heteroatoms. The van der Waals surface area contributed by atoms with E-state index in [9.17, 15) is 14.4 Å². The highest BCUT2D eigenvalue weighted by atomic mass is 16.6. The molecule has 3 aliphatic rings. The highest BCUT2D eigenvalue weighted by Crippen LogP contribution is 2.41. The molecule has 0 aromatic heterocycles. The van der Waals surface area contributed by atoms with Gasteiger partial charge in [-0.15, -0.1) is 0 Å². The van der Waals surface area contributed by atoms with Crippen LogP contribution < -0.4 is 5.32 Å². The van der Waals surface area contributed by atoms with Gasteiger partial charge in [0, 0.05) is 37.5 Å². The number of likely N-dealkylation sites (tertiary alicyclic amines) is 1. The van der Waals surface area contributed by atoms with Crippen LogP contribution >= 0.6 is 0 Å². The number of rotatable bonds is 3. The Hall–Kier alpha value is -2.05. The Labute approximate surface area is 160 Å². The molecular formula is C20H30N2O5. The number of nitrogens with one attached hydrogen (secondary N) is 1. The molecule has 0 unspecified atom stereocenters. The summed E-state index contributed by atoms with van der Waals surface area (Å²) in [5.41, 5.74) is -0.0649. The van der Waals surface area contributed by atoms with Gasteiger partial charge in [0.25, 0.3) is 5.91 Å². The molecule has 2 amide bonds. The van der Waals surface area contributed by atoms with Crippen molar-refractivity contribution >= 4 is 18.0 Å². The SMILES string of the molecule is CCOC(=O)N1CCC2(CC1)OC(=O)C(C)=C2C(=O)NC1CCCCCC1. The first-order valence-electron chi connectivity index (χ1n) is 10.1. The Kier molecular flexibility index (Phi) is 6.07. The normalized spacial score (nSPS) is 23.2. The van der Waals surface area contributed by atoms with Crippen molar-refractivity contribution in [3.8, 4) is 0 Å². The van der Waals surface area contributed by atoms with Crippen molar-refractivity contribution in [2.75, 3.05) is 19.7 Å². The molecule has 0 aromatic carbocycles. The van der Waals surface area contributed by atoms with E-state index in [4.69, 9.17) is 9.47 Å². The maximum atomic E-state index is 13.1. The number of nitrogens with zero attached hydrogens (tertiary/aromatic N) is 1. The number of carbonyl (C=O) groups is 3. The standard InChI is InChI=1S/C20H30N2O5/c1-3-26-19(25)22-12-10-20(11-13-22)16(14(2)18(24)27-20)17(23)21-15-8-6-4-5-7-9-15/h15H,3-13H2,1-2H3,(H,21,23). The van der Waals surface area contributed by atoms with Gasteiger partial charge < -0.3 is 19.7 Å². The molecule has 2 aliphatic heterocycles. The van der Waals surface area contributed by atoms with Crippen molar-refractivity contribution in [2.24, 2.45) is 0 Å². The van der Waals surface area contributed by atoms with E-state index in [1.807, 2.05) is 0 Å². The minimum atomic E-state index is -0.918. The van der Waals surface area contributed by atoms with E-state index in [0.29, 0.717) is 43.7 Å². The zero-order valence-corrected chi connectivity index (χ0v) is 16.3. The summed E-state index contributed by atoms with van der Waals surface area (Å²) in [5, 5.41) is 3.14. The number of carbonyl (C=O) groups excluding carboxylic acids is 3. The van der Waals surface area contributed by atoms with Crippen molar-refractivity contribution in [3.05, 3.63) is 11.1 Å². The minimum absolute atomic E-state index is 0.160. The van der Waals surface area contributed by atoms with E-state index < -0.39 is 11.6 Å². The molecule has 0 bridgehead atoms. The van der Waals surface area contributed by atoms with E-state index in [0.717, 1.165) is 25.7 Å². The maximum absolute atomic E-state index is 13.1. The Balaban J connectivity index is 1.71. The second-order valence-corrected chi connectivity index (χ2v) is 7.73. The van der Waals surface area contributed by atoms with Crippen LogP contribution in [0.3, 0.4) is 0 Å². The summed E-state index contributed by atoms with van der Waals surface area (Å²) in [6, 6.07) is 0.160. The fourth-order valence-electron chi connectivity index (χ4n) is 4.42. The van der Waals surface area contributed by atoms with Crippen molar-refractivity contribution in [2.45, 2.75) is 76.9 Å². The van der Waals surface area contributed by atoms with Crippen molar-refractivity contribution in [1.29, 1.82) is 0 Å². The molecular weight excluding hydrogens is 348 g/mol. The molecule has 0 aromatic rings. The molecule has 0 radical (unpaired) electrons. The third-order valence-corrected chi connectivity index (χ3v) is 5.94. The zero-order chi connectivity index (χ0) is 19.4. The van der Waals surface area contributed by atoms with E-state index in [2.05, 4.69) is 5.32 Å². The number of amides is 2. The molecule has 2 heterocycles. The summed E-state index contributed by atoms with van der Waals surface area (Å²) < 4.78 is 10.7. The summed E-state index contributed by atoms with van der Waals surface area (Å²) in [6.45, 7) is 4.56. The third-order valence-electron chi connectivity index (χ3n) is 5.94. The number of ether oxygens (including phenoxy) is 2. The average molecular weight is 378 g/mol. The van der Waals surface area contributed by atoms with Crippen LogP contribution in [0.4, 0.5) is 4.79 Å². The van der Waals surface area contributed by atoms with Gasteiger partial charge in [0.05, 0.1) is 12.2 Å². The van der Waals surface area contributed by atoms with E-state index in [1.165, 1.54) is 12.8 Å². The first-order chi connectivity index (χ1) is 13.0. The summed E-state index contributed by atoms with van der Waals surface area (Å²) in [7, 11) is 0. The van der Waals surface area contributed by atoms with Crippen molar-refractivity contribution in [1.82, 2.24) is 10.2 Å². The lowest BCUT2D eigenvalue weighted by Crippen LogP contribution is -2.51. The van der Waals surface area contributed by atoms with Gasteiger partial charge in [-0.25, -0.2) is 9.59 Å². The van der Waals surface area contributed by atoms with Gasteiger partial charge in [0.2, 0.25) is 0 Å². The molecule has 2 fully saturated rings. The predicted octanol–water partition coefficient (Wildman–Crippen LogP) is 2.69. The highest BCUT2D eigenvalue weighted by molar-refractivity contribution is 6.07. The monoisotopic (exact) mass is 378 g/mol. The van der Waals surface area contributed by atoms with Crippen LogP contribution in [0.5, 0.6) is 0 Å². The van der Waals surface area contributed by atoms with Crippen LogP contribution in [0.2, 0.25) is 0 Å². The Morgan fingerprint density at radius 2 is 1.81 bits per heavy atom. The fraction of sp³-hybridized carbons (Fsp3) is 0.750. The number of piperidine rings is 1. The molecule has 0 atom stereocenters. The first-order valence-corrected chi connectivity index (χ1v) is 10.1. The smallest absolute Gasteiger partial charge is 0.409 e. The fourth-order valence-corrected chi connectivity index (χ4v) is 4.42. The summed E-state index contributed by atoms with van der Waals surface area (Å²) >= 11 is 0. The topological polar surface area (TPSA) is 84.9 Å². The van der Waals surface area contributed by atoms with Crippen LogP contribution in [0.25, 0.3) is 0 Å². The highest BCUT2D eigenvalue weighted by Gasteiger charge is 2.51. The summed E-state index contributed by atoms with van der Waals surface area (Å²) in [6.07, 6.45) is 7.11. The van der Waals surface area contributed by atoms with E-state index >= 15 is 0 Å². The molecule has 1 saturated carbocycles. The molecule has 1 spiro atoms. The van der Waals surface area contributed by atoms with Gasteiger partial charge in [0.1, 0.15) is 5.60 Å². The van der Waals surface area contributed by atoms with Crippen LogP contribution in [0, 0.1) is 0 Å². The molecule has 1 N–H and O–H groups in total.